The summed E-state index contributed by atoms with van der Waals surface area (Å²) in [5.74, 6) is -0.795. The molecule has 3 aromatic carbocycles. The van der Waals surface area contributed by atoms with Gasteiger partial charge in [0.1, 0.15) is 0 Å². The van der Waals surface area contributed by atoms with Gasteiger partial charge in [0.2, 0.25) is 11.8 Å². The van der Waals surface area contributed by atoms with Crippen molar-refractivity contribution in [1.29, 1.82) is 0 Å². The van der Waals surface area contributed by atoms with Gasteiger partial charge in [-0.25, -0.2) is 4.79 Å². The van der Waals surface area contributed by atoms with Gasteiger partial charge in [-0.2, -0.15) is 0 Å². The van der Waals surface area contributed by atoms with Crippen LogP contribution in [0, 0.1) is 23.7 Å². The van der Waals surface area contributed by atoms with Gasteiger partial charge in [-0.05, 0) is 84.7 Å². The summed E-state index contributed by atoms with van der Waals surface area (Å²) < 4.78 is 4.68. The molecule has 3 aromatic rings. The molecule has 7 heteroatoms. The molecule has 186 valence electrons. The van der Waals surface area contributed by atoms with Crippen LogP contribution in [0.25, 0.3) is 0 Å². The van der Waals surface area contributed by atoms with Crippen molar-refractivity contribution in [3.05, 3.63) is 95.6 Å². The SMILES string of the molecule is COC(=O)c1ccc(NC(=O)c2ccc(N3C(=O)[C@@H]4[C@@H]5C[C@@H]([C@H]4C3=O)[C@H](c3ccccc3)C5)cc2)cc1. The molecule has 1 aliphatic heterocycles. The van der Waals surface area contributed by atoms with Gasteiger partial charge in [-0.15, -0.1) is 0 Å². The van der Waals surface area contributed by atoms with E-state index in [9.17, 15) is 19.2 Å². The highest BCUT2D eigenvalue weighted by Gasteiger charge is 2.64. The average Bonchev–Trinajstić information content (AvgIpc) is 3.60. The van der Waals surface area contributed by atoms with E-state index in [2.05, 4.69) is 22.2 Å². The Kier molecular flexibility index (Phi) is 5.63. The first-order valence-electron chi connectivity index (χ1n) is 12.5. The van der Waals surface area contributed by atoms with Crippen molar-refractivity contribution < 1.29 is 23.9 Å². The van der Waals surface area contributed by atoms with Crippen LogP contribution in [0.15, 0.2) is 78.9 Å². The lowest BCUT2D eigenvalue weighted by Gasteiger charge is -2.28. The molecule has 5 atom stereocenters. The minimum atomic E-state index is -0.452. The van der Waals surface area contributed by atoms with E-state index in [1.54, 1.807) is 48.5 Å². The maximum atomic E-state index is 13.5. The Morgan fingerprint density at radius 1 is 0.811 bits per heavy atom. The van der Waals surface area contributed by atoms with E-state index in [1.165, 1.54) is 17.6 Å². The second kappa shape index (κ2) is 9.00. The van der Waals surface area contributed by atoms with E-state index >= 15 is 0 Å². The minimum absolute atomic E-state index is 0.114. The topological polar surface area (TPSA) is 92.8 Å². The molecule has 2 aliphatic carbocycles. The van der Waals surface area contributed by atoms with Crippen LogP contribution in [0.4, 0.5) is 11.4 Å². The number of rotatable bonds is 5. The second-order valence-corrected chi connectivity index (χ2v) is 10.0. The monoisotopic (exact) mass is 494 g/mol. The van der Waals surface area contributed by atoms with Crippen molar-refractivity contribution in [3.63, 3.8) is 0 Å². The van der Waals surface area contributed by atoms with E-state index in [1.807, 2.05) is 18.2 Å². The largest absolute Gasteiger partial charge is 0.465 e. The number of carbonyl (C=O) groups excluding carboxylic acids is 4. The quantitative estimate of drug-likeness (QED) is 0.412. The Labute approximate surface area is 214 Å². The van der Waals surface area contributed by atoms with Crippen LogP contribution in [-0.4, -0.2) is 30.8 Å². The fraction of sp³-hybridized carbons (Fsp3) is 0.267. The minimum Gasteiger partial charge on any atom is -0.465 e. The normalized spacial score (nSPS) is 25.8. The fourth-order valence-corrected chi connectivity index (χ4v) is 6.57. The van der Waals surface area contributed by atoms with Crippen LogP contribution in [0.5, 0.6) is 0 Å². The number of hydrogen-bond acceptors (Lipinski definition) is 5. The summed E-state index contributed by atoms with van der Waals surface area (Å²) in [5, 5.41) is 2.78. The van der Waals surface area contributed by atoms with E-state index in [-0.39, 0.29) is 41.4 Å². The number of carbonyl (C=O) groups is 4. The molecule has 1 N–H and O–H groups in total. The number of imide groups is 1. The lowest BCUT2D eigenvalue weighted by atomic mass is 9.73. The van der Waals surface area contributed by atoms with Crippen molar-refractivity contribution >= 4 is 35.1 Å². The van der Waals surface area contributed by atoms with Gasteiger partial charge in [0, 0.05) is 11.3 Å². The lowest BCUT2D eigenvalue weighted by molar-refractivity contribution is -0.123. The molecule has 2 saturated carbocycles. The molecule has 3 aliphatic rings. The van der Waals surface area contributed by atoms with Gasteiger partial charge in [-0.3, -0.25) is 19.3 Å². The zero-order valence-corrected chi connectivity index (χ0v) is 20.3. The summed E-state index contributed by atoms with van der Waals surface area (Å²) in [6.07, 6.45) is 1.88. The third kappa shape index (κ3) is 3.82. The van der Waals surface area contributed by atoms with Crippen molar-refractivity contribution in [1.82, 2.24) is 0 Å². The Morgan fingerprint density at radius 2 is 1.46 bits per heavy atom. The number of methoxy groups -OCH3 is 1. The summed E-state index contributed by atoms with van der Waals surface area (Å²) in [7, 11) is 1.31. The molecule has 6 rings (SSSR count). The Morgan fingerprint density at radius 3 is 2.14 bits per heavy atom. The Bertz CT molecular complexity index is 1380. The van der Waals surface area contributed by atoms with Crippen molar-refractivity contribution in [2.75, 3.05) is 17.3 Å². The highest BCUT2D eigenvalue weighted by atomic mass is 16.5. The van der Waals surface area contributed by atoms with Crippen molar-refractivity contribution in [2.45, 2.75) is 18.8 Å². The molecule has 0 spiro atoms. The maximum Gasteiger partial charge on any atom is 0.337 e. The van der Waals surface area contributed by atoms with Crippen LogP contribution >= 0.6 is 0 Å². The molecular weight excluding hydrogens is 468 g/mol. The van der Waals surface area contributed by atoms with Crippen LogP contribution in [0.2, 0.25) is 0 Å². The second-order valence-electron chi connectivity index (χ2n) is 10.0. The van der Waals surface area contributed by atoms with Gasteiger partial charge in [-0.1, -0.05) is 30.3 Å². The third-order valence-corrected chi connectivity index (χ3v) is 8.19. The van der Waals surface area contributed by atoms with E-state index in [0.29, 0.717) is 28.4 Å². The molecule has 0 radical (unpaired) electrons. The lowest BCUT2D eigenvalue weighted by Crippen LogP contribution is -2.33. The van der Waals surface area contributed by atoms with E-state index in [0.717, 1.165) is 12.8 Å². The molecular formula is C30H26N2O5. The van der Waals surface area contributed by atoms with Crippen LogP contribution in [0.3, 0.4) is 0 Å². The molecule has 3 amide bonds. The average molecular weight is 495 g/mol. The molecule has 1 saturated heterocycles. The third-order valence-electron chi connectivity index (χ3n) is 8.19. The molecule has 1 heterocycles. The maximum absolute atomic E-state index is 13.5. The first-order valence-corrected chi connectivity index (χ1v) is 12.5. The summed E-state index contributed by atoms with van der Waals surface area (Å²) in [6.45, 7) is 0. The smallest absolute Gasteiger partial charge is 0.337 e. The fourth-order valence-electron chi connectivity index (χ4n) is 6.57. The van der Waals surface area contributed by atoms with E-state index < -0.39 is 5.97 Å². The molecule has 3 fully saturated rings. The van der Waals surface area contributed by atoms with Crippen LogP contribution < -0.4 is 10.2 Å². The van der Waals surface area contributed by atoms with Gasteiger partial charge in [0.25, 0.3) is 5.91 Å². The molecule has 2 bridgehead atoms. The predicted molar refractivity (Wildman–Crippen MR) is 137 cm³/mol. The molecule has 7 nitrogen and oxygen atoms in total. The van der Waals surface area contributed by atoms with Gasteiger partial charge < -0.3 is 10.1 Å². The first-order chi connectivity index (χ1) is 18.0. The molecule has 37 heavy (non-hydrogen) atoms. The highest BCUT2D eigenvalue weighted by Crippen LogP contribution is 2.61. The summed E-state index contributed by atoms with van der Waals surface area (Å²) in [5.41, 5.74) is 3.06. The Hall–Kier alpha value is -4.26. The van der Waals surface area contributed by atoms with Crippen molar-refractivity contribution in [2.24, 2.45) is 23.7 Å². The number of ether oxygens (including phenoxy) is 1. The number of esters is 1. The van der Waals surface area contributed by atoms with Crippen molar-refractivity contribution in [3.8, 4) is 0 Å². The standard InChI is InChI=1S/C30H26N2O5/c1-37-30(36)19-7-11-21(12-8-19)31-27(33)18-9-13-22(14-10-18)32-28(34)25-20-15-23(17-5-3-2-4-6-17)24(16-20)26(25)29(32)35/h2-14,20,23-26H,15-16H2,1H3,(H,31,33)/t20-,23-,24+,25+,26+/m0/s1. The number of nitrogens with one attached hydrogen (secondary N) is 1. The zero-order chi connectivity index (χ0) is 25.7. The summed E-state index contributed by atoms with van der Waals surface area (Å²) >= 11 is 0. The van der Waals surface area contributed by atoms with Gasteiger partial charge in [0.05, 0.1) is 30.2 Å². The predicted octanol–water partition coefficient (Wildman–Crippen LogP) is 4.65. The number of fused-ring (bicyclic) bond motifs is 5. The summed E-state index contributed by atoms with van der Waals surface area (Å²) in [6, 6.07) is 23.2. The van der Waals surface area contributed by atoms with Crippen LogP contribution in [0.1, 0.15) is 45.0 Å². The highest BCUT2D eigenvalue weighted by molar-refractivity contribution is 6.22. The van der Waals surface area contributed by atoms with E-state index in [4.69, 9.17) is 0 Å². The Balaban J connectivity index is 1.16. The number of hydrogen-bond donors (Lipinski definition) is 1. The number of amides is 3. The van der Waals surface area contributed by atoms with Crippen LogP contribution in [-0.2, 0) is 14.3 Å². The molecule has 0 aromatic heterocycles. The first kappa shape index (κ1) is 23.2. The molecule has 0 unspecified atom stereocenters. The number of anilines is 2. The number of nitrogens with zero attached hydrogens (tertiary/aromatic N) is 1. The number of benzene rings is 3. The van der Waals surface area contributed by atoms with Gasteiger partial charge in [0.15, 0.2) is 0 Å². The summed E-state index contributed by atoms with van der Waals surface area (Å²) in [4.78, 5) is 52.5. The zero-order valence-electron chi connectivity index (χ0n) is 20.3. The van der Waals surface area contributed by atoms with Gasteiger partial charge >= 0.3 is 5.97 Å².